The number of hydrogen-bond acceptors (Lipinski definition) is 4. The van der Waals surface area contributed by atoms with Gasteiger partial charge in [0, 0.05) is 19.6 Å². The molecular weight excluding hydrogens is 304 g/mol. The topological polar surface area (TPSA) is 53.0 Å². The molecule has 1 aromatic rings. The number of aryl methyl sites for hydroxylation is 2. The number of benzene rings is 1. The van der Waals surface area contributed by atoms with E-state index >= 15 is 0 Å². The van der Waals surface area contributed by atoms with Crippen LogP contribution in [0, 0.1) is 20.8 Å². The highest BCUT2D eigenvalue weighted by atomic mass is 16.5. The largest absolute Gasteiger partial charge is 0.490 e. The fourth-order valence-corrected chi connectivity index (χ4v) is 2.71. The smallest absolute Gasteiger partial charge is 0.236 e. The highest BCUT2D eigenvalue weighted by Gasteiger charge is 2.16. The van der Waals surface area contributed by atoms with Gasteiger partial charge in [0.2, 0.25) is 5.91 Å². The molecule has 1 aromatic carbocycles. The number of carbonyl (C=O) groups is 1. The summed E-state index contributed by atoms with van der Waals surface area (Å²) in [4.78, 5) is 15.7. The Balaban J connectivity index is 2.51. The molecule has 1 amide bonds. The average Bonchev–Trinajstić information content (AvgIpc) is 2.52. The van der Waals surface area contributed by atoms with E-state index in [0.29, 0.717) is 26.2 Å². The number of ether oxygens (including phenoxy) is 1. The maximum absolute atomic E-state index is 12.1. The summed E-state index contributed by atoms with van der Waals surface area (Å²) in [6, 6.07) is 4.10. The number of amides is 1. The van der Waals surface area contributed by atoms with Crippen LogP contribution in [0.15, 0.2) is 12.1 Å². The quantitative estimate of drug-likeness (QED) is 0.751. The van der Waals surface area contributed by atoms with Gasteiger partial charge in [0.15, 0.2) is 0 Å². The first-order chi connectivity index (χ1) is 11.3. The minimum atomic E-state index is -0.640. The van der Waals surface area contributed by atoms with Crippen molar-refractivity contribution in [2.45, 2.75) is 40.7 Å². The van der Waals surface area contributed by atoms with Crippen LogP contribution in [-0.2, 0) is 4.79 Å². The van der Waals surface area contributed by atoms with Crippen molar-refractivity contribution in [3.63, 3.8) is 0 Å². The zero-order valence-electron chi connectivity index (χ0n) is 15.9. The summed E-state index contributed by atoms with van der Waals surface area (Å²) in [5, 5.41) is 10.2. The summed E-state index contributed by atoms with van der Waals surface area (Å²) in [6.45, 7) is 12.4. The number of carbonyl (C=O) groups excluding carboxylic acids is 1. The van der Waals surface area contributed by atoms with Gasteiger partial charge in [-0.15, -0.1) is 0 Å². The van der Waals surface area contributed by atoms with E-state index in [0.717, 1.165) is 16.9 Å². The van der Waals surface area contributed by atoms with Gasteiger partial charge in [-0.2, -0.15) is 0 Å². The SMILES string of the molecule is CCN(CC)C(=O)CN(C)CC(O)COc1c(C)ccc(C)c1C. The number of aliphatic hydroxyl groups is 1. The van der Waals surface area contributed by atoms with Crippen LogP contribution in [0.25, 0.3) is 0 Å². The van der Waals surface area contributed by atoms with E-state index in [2.05, 4.69) is 6.07 Å². The number of nitrogens with zero attached hydrogens (tertiary/aromatic N) is 2. The van der Waals surface area contributed by atoms with Crippen molar-refractivity contribution in [1.82, 2.24) is 9.80 Å². The molecule has 0 saturated carbocycles. The van der Waals surface area contributed by atoms with E-state index in [1.54, 1.807) is 4.90 Å². The van der Waals surface area contributed by atoms with Gasteiger partial charge in [-0.3, -0.25) is 9.69 Å². The van der Waals surface area contributed by atoms with Crippen molar-refractivity contribution in [2.75, 3.05) is 39.8 Å². The van der Waals surface area contributed by atoms with Crippen molar-refractivity contribution in [1.29, 1.82) is 0 Å². The van der Waals surface area contributed by atoms with Gasteiger partial charge in [0.05, 0.1) is 6.54 Å². The molecule has 0 saturated heterocycles. The molecule has 0 bridgehead atoms. The molecule has 1 N–H and O–H groups in total. The van der Waals surface area contributed by atoms with Crippen LogP contribution in [0.3, 0.4) is 0 Å². The highest BCUT2D eigenvalue weighted by Crippen LogP contribution is 2.25. The number of likely N-dealkylation sites (N-methyl/N-ethyl adjacent to an activating group) is 2. The average molecular weight is 336 g/mol. The molecule has 0 radical (unpaired) electrons. The van der Waals surface area contributed by atoms with Gasteiger partial charge >= 0.3 is 0 Å². The van der Waals surface area contributed by atoms with E-state index < -0.39 is 6.10 Å². The van der Waals surface area contributed by atoms with Gasteiger partial charge in [0.25, 0.3) is 0 Å². The first-order valence-electron chi connectivity index (χ1n) is 8.64. The maximum Gasteiger partial charge on any atom is 0.236 e. The summed E-state index contributed by atoms with van der Waals surface area (Å²) in [5.74, 6) is 0.928. The van der Waals surface area contributed by atoms with Crippen LogP contribution in [0.5, 0.6) is 5.75 Å². The van der Waals surface area contributed by atoms with E-state index in [1.807, 2.05) is 52.6 Å². The van der Waals surface area contributed by atoms with Crippen molar-refractivity contribution in [2.24, 2.45) is 0 Å². The third-order valence-electron chi connectivity index (χ3n) is 4.34. The Kier molecular flexibility index (Phi) is 8.22. The van der Waals surface area contributed by atoms with Crippen molar-refractivity contribution in [3.05, 3.63) is 28.8 Å². The van der Waals surface area contributed by atoms with Gasteiger partial charge < -0.3 is 14.7 Å². The third-order valence-corrected chi connectivity index (χ3v) is 4.34. The normalized spacial score (nSPS) is 12.3. The minimum Gasteiger partial charge on any atom is -0.490 e. The molecule has 1 atom stereocenters. The molecule has 24 heavy (non-hydrogen) atoms. The Labute approximate surface area is 146 Å². The van der Waals surface area contributed by atoms with Crippen LogP contribution in [0.1, 0.15) is 30.5 Å². The van der Waals surface area contributed by atoms with Crippen LogP contribution in [0.2, 0.25) is 0 Å². The first-order valence-corrected chi connectivity index (χ1v) is 8.64. The Morgan fingerprint density at radius 3 is 2.33 bits per heavy atom. The molecule has 0 aliphatic heterocycles. The maximum atomic E-state index is 12.1. The summed E-state index contributed by atoms with van der Waals surface area (Å²) >= 11 is 0. The Morgan fingerprint density at radius 1 is 1.17 bits per heavy atom. The standard InChI is InChI=1S/C19H32N2O3/c1-7-21(8-2)18(23)12-20(6)11-17(22)13-24-19-15(4)10-9-14(3)16(19)5/h9-10,17,22H,7-8,11-13H2,1-6H3. The Morgan fingerprint density at radius 2 is 1.75 bits per heavy atom. The zero-order chi connectivity index (χ0) is 18.3. The molecular formula is C19H32N2O3. The second kappa shape index (κ2) is 9.64. The predicted molar refractivity (Wildman–Crippen MR) is 97.6 cm³/mol. The first kappa shape index (κ1) is 20.5. The van der Waals surface area contributed by atoms with E-state index in [-0.39, 0.29) is 12.5 Å². The molecule has 0 heterocycles. The van der Waals surface area contributed by atoms with Crippen LogP contribution in [0.4, 0.5) is 0 Å². The summed E-state index contributed by atoms with van der Waals surface area (Å²) < 4.78 is 5.83. The van der Waals surface area contributed by atoms with Crippen molar-refractivity contribution in [3.8, 4) is 5.75 Å². The van der Waals surface area contributed by atoms with E-state index in [4.69, 9.17) is 4.74 Å². The minimum absolute atomic E-state index is 0.0843. The van der Waals surface area contributed by atoms with E-state index in [1.165, 1.54) is 5.56 Å². The second-order valence-electron chi connectivity index (χ2n) is 6.38. The summed E-state index contributed by atoms with van der Waals surface area (Å²) in [5.41, 5.74) is 3.34. The lowest BCUT2D eigenvalue weighted by Crippen LogP contribution is -2.42. The molecule has 1 unspecified atom stereocenters. The lowest BCUT2D eigenvalue weighted by atomic mass is 10.1. The lowest BCUT2D eigenvalue weighted by molar-refractivity contribution is -0.132. The molecule has 5 heteroatoms. The molecule has 0 aromatic heterocycles. The van der Waals surface area contributed by atoms with Crippen molar-refractivity contribution >= 4 is 5.91 Å². The van der Waals surface area contributed by atoms with Gasteiger partial charge in [-0.25, -0.2) is 0 Å². The predicted octanol–water partition coefficient (Wildman–Crippen LogP) is 2.15. The van der Waals surface area contributed by atoms with Crippen LogP contribution < -0.4 is 4.74 Å². The monoisotopic (exact) mass is 336 g/mol. The number of aliphatic hydroxyl groups excluding tert-OH is 1. The zero-order valence-corrected chi connectivity index (χ0v) is 15.9. The molecule has 0 spiro atoms. The second-order valence-corrected chi connectivity index (χ2v) is 6.38. The highest BCUT2D eigenvalue weighted by molar-refractivity contribution is 5.78. The summed E-state index contributed by atoms with van der Waals surface area (Å²) in [6.07, 6.45) is -0.640. The van der Waals surface area contributed by atoms with Gasteiger partial charge in [0.1, 0.15) is 18.5 Å². The molecule has 0 fully saturated rings. The number of rotatable bonds is 9. The Bertz CT molecular complexity index is 542. The lowest BCUT2D eigenvalue weighted by Gasteiger charge is -2.25. The fraction of sp³-hybridized carbons (Fsp3) is 0.632. The molecule has 0 aliphatic rings. The summed E-state index contributed by atoms with van der Waals surface area (Å²) in [7, 11) is 1.84. The molecule has 1 rings (SSSR count). The number of hydrogen-bond donors (Lipinski definition) is 1. The van der Waals surface area contributed by atoms with Gasteiger partial charge in [-0.05, 0) is 58.4 Å². The van der Waals surface area contributed by atoms with Gasteiger partial charge in [-0.1, -0.05) is 12.1 Å². The van der Waals surface area contributed by atoms with Crippen molar-refractivity contribution < 1.29 is 14.6 Å². The molecule has 5 nitrogen and oxygen atoms in total. The van der Waals surface area contributed by atoms with Crippen LogP contribution in [-0.4, -0.2) is 66.8 Å². The fourth-order valence-electron chi connectivity index (χ4n) is 2.71. The molecule has 0 aliphatic carbocycles. The Hall–Kier alpha value is -1.59. The van der Waals surface area contributed by atoms with E-state index in [9.17, 15) is 9.90 Å². The van der Waals surface area contributed by atoms with Crippen LogP contribution >= 0.6 is 0 Å². The molecule has 136 valence electrons. The third kappa shape index (κ3) is 5.80.